The number of nitrogens with one attached hydrogen (secondary N) is 2. The summed E-state index contributed by atoms with van der Waals surface area (Å²) < 4.78 is 0. The molecule has 1 aliphatic heterocycles. The Morgan fingerprint density at radius 2 is 2.00 bits per heavy atom. The Morgan fingerprint density at radius 1 is 1.25 bits per heavy atom. The third-order valence-electron chi connectivity index (χ3n) is 2.37. The molecule has 0 aliphatic carbocycles. The van der Waals surface area contributed by atoms with Gasteiger partial charge < -0.3 is 10.6 Å². The lowest BCUT2D eigenvalue weighted by Gasteiger charge is -2.24. The molecule has 3 nitrogen and oxygen atoms in total. The summed E-state index contributed by atoms with van der Waals surface area (Å²) in [5, 5.41) is 6.09. The zero-order valence-corrected chi connectivity index (χ0v) is 9.88. The Hall–Kier alpha value is -1.42. The topological polar surface area (TPSA) is 41.1 Å². The molecular weight excluding hydrogens is 220 g/mol. The number of rotatable bonds is 3. The fourth-order valence-corrected chi connectivity index (χ4v) is 2.11. The third kappa shape index (κ3) is 2.79. The number of benzene rings is 1. The van der Waals surface area contributed by atoms with Crippen LogP contribution < -0.4 is 10.6 Å². The summed E-state index contributed by atoms with van der Waals surface area (Å²) in [6, 6.07) is 10.1. The first-order chi connectivity index (χ1) is 7.78. The van der Waals surface area contributed by atoms with Gasteiger partial charge in [-0.2, -0.15) is 0 Å². The molecule has 0 saturated carbocycles. The van der Waals surface area contributed by atoms with Crippen LogP contribution >= 0.6 is 11.8 Å². The summed E-state index contributed by atoms with van der Waals surface area (Å²) in [6.07, 6.45) is 4.36. The van der Waals surface area contributed by atoms with E-state index in [1.165, 1.54) is 5.56 Å². The van der Waals surface area contributed by atoms with Gasteiger partial charge in [0.05, 0.1) is 0 Å². The fraction of sp³-hybridized carbons (Fsp3) is 0.250. The van der Waals surface area contributed by atoms with Crippen LogP contribution in [0, 0.1) is 0 Å². The van der Waals surface area contributed by atoms with E-state index in [0.717, 1.165) is 12.1 Å². The van der Waals surface area contributed by atoms with E-state index in [1.807, 2.05) is 24.5 Å². The zero-order chi connectivity index (χ0) is 11.4. The number of thioether (sulfide) groups is 1. The first kappa shape index (κ1) is 11.1. The maximum Gasteiger partial charge on any atom is 0.247 e. The predicted octanol–water partition coefficient (Wildman–Crippen LogP) is 1.48. The van der Waals surface area contributed by atoms with Gasteiger partial charge >= 0.3 is 0 Å². The van der Waals surface area contributed by atoms with Crippen molar-refractivity contribution in [3.05, 3.63) is 47.7 Å². The van der Waals surface area contributed by atoms with Crippen molar-refractivity contribution < 1.29 is 4.79 Å². The SMILES string of the molecule is CSC1NC(=O)C=C(Cc2ccccc2)N1. The largest absolute Gasteiger partial charge is 0.360 e. The zero-order valence-electron chi connectivity index (χ0n) is 9.07. The van der Waals surface area contributed by atoms with Crippen LogP contribution in [-0.2, 0) is 11.2 Å². The van der Waals surface area contributed by atoms with Crippen LogP contribution in [0.2, 0.25) is 0 Å². The quantitative estimate of drug-likeness (QED) is 0.832. The molecule has 2 N–H and O–H groups in total. The van der Waals surface area contributed by atoms with E-state index in [2.05, 4.69) is 22.8 Å². The number of amides is 1. The number of hydrogen-bond donors (Lipinski definition) is 2. The third-order valence-corrected chi connectivity index (χ3v) is 3.08. The minimum Gasteiger partial charge on any atom is -0.360 e. The molecule has 2 rings (SSSR count). The molecule has 1 aliphatic rings. The van der Waals surface area contributed by atoms with E-state index in [1.54, 1.807) is 17.8 Å². The second kappa shape index (κ2) is 5.07. The molecule has 1 aromatic rings. The molecule has 0 radical (unpaired) electrons. The van der Waals surface area contributed by atoms with Gasteiger partial charge in [-0.3, -0.25) is 4.79 Å². The summed E-state index contributed by atoms with van der Waals surface area (Å²) in [4.78, 5) is 11.4. The first-order valence-electron chi connectivity index (χ1n) is 5.12. The fourth-order valence-electron chi connectivity index (χ4n) is 1.61. The van der Waals surface area contributed by atoms with Gasteiger partial charge in [0.15, 0.2) is 0 Å². The second-order valence-corrected chi connectivity index (χ2v) is 4.54. The van der Waals surface area contributed by atoms with E-state index in [-0.39, 0.29) is 11.4 Å². The number of allylic oxidation sites excluding steroid dienone is 1. The normalized spacial score (nSPS) is 19.7. The monoisotopic (exact) mass is 234 g/mol. The van der Waals surface area contributed by atoms with Crippen LogP contribution in [0.5, 0.6) is 0 Å². The van der Waals surface area contributed by atoms with E-state index in [4.69, 9.17) is 0 Å². The number of hydrogen-bond acceptors (Lipinski definition) is 3. The molecule has 1 heterocycles. The summed E-state index contributed by atoms with van der Waals surface area (Å²) in [7, 11) is 0. The van der Waals surface area contributed by atoms with Crippen molar-refractivity contribution >= 4 is 17.7 Å². The minimum absolute atomic E-state index is 0.0174. The maximum absolute atomic E-state index is 11.4. The molecule has 16 heavy (non-hydrogen) atoms. The van der Waals surface area contributed by atoms with Crippen LogP contribution in [0.4, 0.5) is 0 Å². The highest BCUT2D eigenvalue weighted by molar-refractivity contribution is 7.99. The molecule has 1 amide bonds. The predicted molar refractivity (Wildman–Crippen MR) is 66.8 cm³/mol. The summed E-state index contributed by atoms with van der Waals surface area (Å²) in [5.41, 5.74) is 2.15. The lowest BCUT2D eigenvalue weighted by atomic mass is 10.1. The summed E-state index contributed by atoms with van der Waals surface area (Å²) in [5.74, 6) is -0.0240. The van der Waals surface area contributed by atoms with Gasteiger partial charge in [0.25, 0.3) is 0 Å². The second-order valence-electron chi connectivity index (χ2n) is 3.60. The maximum atomic E-state index is 11.4. The van der Waals surface area contributed by atoms with Crippen LogP contribution in [0.25, 0.3) is 0 Å². The van der Waals surface area contributed by atoms with E-state index < -0.39 is 0 Å². The molecule has 1 aromatic carbocycles. The molecule has 0 saturated heterocycles. The van der Waals surface area contributed by atoms with Gasteiger partial charge in [-0.15, -0.1) is 11.8 Å². The molecule has 4 heteroatoms. The van der Waals surface area contributed by atoms with Crippen molar-refractivity contribution in [1.29, 1.82) is 0 Å². The Balaban J connectivity index is 2.07. The average Bonchev–Trinajstić information content (AvgIpc) is 2.29. The van der Waals surface area contributed by atoms with Crippen LogP contribution in [0.3, 0.4) is 0 Å². The molecule has 1 unspecified atom stereocenters. The summed E-state index contributed by atoms with van der Waals surface area (Å²) in [6.45, 7) is 0. The van der Waals surface area contributed by atoms with Crippen molar-refractivity contribution in [3.63, 3.8) is 0 Å². The van der Waals surface area contributed by atoms with Crippen molar-refractivity contribution in [3.8, 4) is 0 Å². The Labute approximate surface area is 99.3 Å². The van der Waals surface area contributed by atoms with Gasteiger partial charge in [-0.05, 0) is 11.8 Å². The lowest BCUT2D eigenvalue weighted by Crippen LogP contribution is -2.46. The van der Waals surface area contributed by atoms with E-state index in [9.17, 15) is 4.79 Å². The van der Waals surface area contributed by atoms with Crippen LogP contribution in [0.15, 0.2) is 42.1 Å². The molecule has 0 aromatic heterocycles. The van der Waals surface area contributed by atoms with Crippen LogP contribution in [-0.4, -0.2) is 17.7 Å². The highest BCUT2D eigenvalue weighted by Gasteiger charge is 2.16. The first-order valence-corrected chi connectivity index (χ1v) is 6.41. The van der Waals surface area contributed by atoms with Gasteiger partial charge in [-0.1, -0.05) is 30.3 Å². The highest BCUT2D eigenvalue weighted by atomic mass is 32.2. The Kier molecular flexibility index (Phi) is 3.51. The molecule has 0 bridgehead atoms. The number of carbonyl (C=O) groups excluding carboxylic acids is 1. The standard InChI is InChI=1S/C12H14N2OS/c1-16-12-13-10(8-11(15)14-12)7-9-5-3-2-4-6-9/h2-6,8,12-13H,7H2,1H3,(H,14,15). The van der Waals surface area contributed by atoms with Gasteiger partial charge in [0.2, 0.25) is 5.91 Å². The Morgan fingerprint density at radius 3 is 2.69 bits per heavy atom. The van der Waals surface area contributed by atoms with Crippen molar-refractivity contribution in [2.45, 2.75) is 11.9 Å². The van der Waals surface area contributed by atoms with E-state index in [0.29, 0.717) is 0 Å². The minimum atomic E-state index is -0.0240. The number of carbonyl (C=O) groups is 1. The molecular formula is C12H14N2OS. The van der Waals surface area contributed by atoms with Crippen molar-refractivity contribution in [2.75, 3.05) is 6.26 Å². The molecule has 0 spiro atoms. The summed E-state index contributed by atoms with van der Waals surface area (Å²) >= 11 is 1.58. The van der Waals surface area contributed by atoms with Gasteiger partial charge in [-0.25, -0.2) is 0 Å². The lowest BCUT2D eigenvalue weighted by molar-refractivity contribution is -0.117. The smallest absolute Gasteiger partial charge is 0.247 e. The highest BCUT2D eigenvalue weighted by Crippen LogP contribution is 2.12. The average molecular weight is 234 g/mol. The van der Waals surface area contributed by atoms with Crippen molar-refractivity contribution in [2.24, 2.45) is 0 Å². The van der Waals surface area contributed by atoms with Gasteiger partial charge in [0, 0.05) is 18.2 Å². The molecule has 84 valence electrons. The van der Waals surface area contributed by atoms with Crippen molar-refractivity contribution in [1.82, 2.24) is 10.6 Å². The Bertz CT molecular complexity index is 403. The molecule has 1 atom stereocenters. The molecule has 0 fully saturated rings. The van der Waals surface area contributed by atoms with Crippen LogP contribution in [0.1, 0.15) is 5.56 Å². The van der Waals surface area contributed by atoms with E-state index >= 15 is 0 Å². The van der Waals surface area contributed by atoms with Gasteiger partial charge in [0.1, 0.15) is 5.50 Å².